The summed E-state index contributed by atoms with van der Waals surface area (Å²) in [5.41, 5.74) is 6.38. The van der Waals surface area contributed by atoms with Gasteiger partial charge in [-0.15, -0.1) is 11.3 Å². The summed E-state index contributed by atoms with van der Waals surface area (Å²) < 4.78 is 0. The maximum Gasteiger partial charge on any atom is 0.234 e. The Bertz CT molecular complexity index is 501. The molecule has 2 heterocycles. The minimum atomic E-state index is -0.225. The molecule has 1 aliphatic rings. The number of amides is 1. The molecule has 1 unspecified atom stereocenters. The Balaban J connectivity index is 1.96. The third kappa shape index (κ3) is 3.80. The summed E-state index contributed by atoms with van der Waals surface area (Å²) in [5.74, 6) is 5.69. The van der Waals surface area contributed by atoms with Gasteiger partial charge in [-0.25, -0.2) is 0 Å². The summed E-state index contributed by atoms with van der Waals surface area (Å²) in [4.78, 5) is 14.7. The number of aliphatic hydroxyl groups excluding tert-OH is 1. The number of rotatable bonds is 4. The molecular formula is C14H18N2O2S. The Kier molecular flexibility index (Phi) is 4.97. The van der Waals surface area contributed by atoms with E-state index in [9.17, 15) is 4.79 Å². The van der Waals surface area contributed by atoms with E-state index in [0.717, 1.165) is 31.5 Å². The molecule has 0 bridgehead atoms. The van der Waals surface area contributed by atoms with Crippen molar-refractivity contribution in [3.8, 4) is 11.8 Å². The Morgan fingerprint density at radius 2 is 2.47 bits per heavy atom. The molecule has 1 aromatic heterocycles. The fraction of sp³-hybridized carbons (Fsp3) is 0.500. The first-order valence-electron chi connectivity index (χ1n) is 6.41. The minimum Gasteiger partial charge on any atom is -0.395 e. The monoisotopic (exact) mass is 278 g/mol. The molecule has 1 fully saturated rings. The van der Waals surface area contributed by atoms with Gasteiger partial charge in [0, 0.05) is 28.8 Å². The minimum absolute atomic E-state index is 0.0953. The van der Waals surface area contributed by atoms with E-state index in [0.29, 0.717) is 6.42 Å². The zero-order valence-corrected chi connectivity index (χ0v) is 11.6. The molecule has 102 valence electrons. The molecule has 0 saturated carbocycles. The van der Waals surface area contributed by atoms with Crippen molar-refractivity contribution in [2.45, 2.75) is 31.8 Å². The van der Waals surface area contributed by atoms with Crippen LogP contribution < -0.4 is 5.73 Å². The molecule has 1 aliphatic heterocycles. The molecule has 3 N–H and O–H groups in total. The van der Waals surface area contributed by atoms with Gasteiger partial charge in [-0.05, 0) is 25.5 Å². The molecule has 1 aromatic rings. The van der Waals surface area contributed by atoms with Crippen molar-refractivity contribution in [3.63, 3.8) is 0 Å². The highest BCUT2D eigenvalue weighted by Crippen LogP contribution is 2.23. The van der Waals surface area contributed by atoms with Gasteiger partial charge in [0.1, 0.15) is 0 Å². The molecule has 5 heteroatoms. The summed E-state index contributed by atoms with van der Waals surface area (Å²) in [5, 5.41) is 10.7. The second kappa shape index (κ2) is 6.71. The molecule has 2 rings (SSSR count). The number of carbonyl (C=O) groups is 1. The SMILES string of the molecule is NC(=O)C1CCCN1Cc1cc(C#CCCO)cs1. The van der Waals surface area contributed by atoms with Gasteiger partial charge in [-0.1, -0.05) is 11.8 Å². The maximum absolute atomic E-state index is 11.3. The first-order valence-corrected chi connectivity index (χ1v) is 7.29. The summed E-state index contributed by atoms with van der Waals surface area (Å²) in [7, 11) is 0. The van der Waals surface area contributed by atoms with Crippen molar-refractivity contribution in [3.05, 3.63) is 21.9 Å². The summed E-state index contributed by atoms with van der Waals surface area (Å²) in [6, 6.07) is 1.93. The molecule has 0 aliphatic carbocycles. The Labute approximate surface area is 117 Å². The number of thiophene rings is 1. The van der Waals surface area contributed by atoms with E-state index in [1.54, 1.807) is 11.3 Å². The highest BCUT2D eigenvalue weighted by atomic mass is 32.1. The smallest absolute Gasteiger partial charge is 0.234 e. The van der Waals surface area contributed by atoms with Crippen LogP contribution >= 0.6 is 11.3 Å². The van der Waals surface area contributed by atoms with E-state index < -0.39 is 0 Å². The highest BCUT2D eigenvalue weighted by molar-refractivity contribution is 7.10. The third-order valence-corrected chi connectivity index (χ3v) is 4.10. The zero-order valence-electron chi connectivity index (χ0n) is 10.8. The molecule has 4 nitrogen and oxygen atoms in total. The lowest BCUT2D eigenvalue weighted by Gasteiger charge is -2.20. The highest BCUT2D eigenvalue weighted by Gasteiger charge is 2.28. The zero-order chi connectivity index (χ0) is 13.7. The van der Waals surface area contributed by atoms with Crippen LogP contribution in [0.4, 0.5) is 0 Å². The number of aliphatic hydroxyl groups is 1. The normalized spacial score (nSPS) is 19.1. The first kappa shape index (κ1) is 14.1. The topological polar surface area (TPSA) is 66.6 Å². The van der Waals surface area contributed by atoms with E-state index in [1.165, 1.54) is 4.88 Å². The van der Waals surface area contributed by atoms with Gasteiger partial charge >= 0.3 is 0 Å². The lowest BCUT2D eigenvalue weighted by Crippen LogP contribution is -2.39. The predicted octanol–water partition coefficient (Wildman–Crippen LogP) is 0.932. The predicted molar refractivity (Wildman–Crippen MR) is 75.5 cm³/mol. The van der Waals surface area contributed by atoms with Crippen LogP contribution in [0.25, 0.3) is 0 Å². The molecule has 1 amide bonds. The van der Waals surface area contributed by atoms with Gasteiger partial charge in [-0.3, -0.25) is 9.69 Å². The molecule has 0 spiro atoms. The number of likely N-dealkylation sites (tertiary alicyclic amines) is 1. The maximum atomic E-state index is 11.3. The van der Waals surface area contributed by atoms with Crippen molar-refractivity contribution in [2.24, 2.45) is 5.73 Å². The van der Waals surface area contributed by atoms with Crippen molar-refractivity contribution in [1.29, 1.82) is 0 Å². The number of hydrogen-bond acceptors (Lipinski definition) is 4. The summed E-state index contributed by atoms with van der Waals surface area (Å²) >= 11 is 1.65. The molecular weight excluding hydrogens is 260 g/mol. The Hall–Kier alpha value is -1.35. The van der Waals surface area contributed by atoms with E-state index in [-0.39, 0.29) is 18.6 Å². The molecule has 1 saturated heterocycles. The standard InChI is InChI=1S/C14H18N2O2S/c15-14(18)13-5-3-6-16(13)9-12-8-11(10-19-12)4-1-2-7-17/h8,10,13,17H,2-3,5-7,9H2,(H2,15,18). The van der Waals surface area contributed by atoms with Crippen LogP contribution in [-0.4, -0.2) is 35.1 Å². The van der Waals surface area contributed by atoms with Crippen molar-refractivity contribution < 1.29 is 9.90 Å². The van der Waals surface area contributed by atoms with Crippen LogP contribution in [0.2, 0.25) is 0 Å². The van der Waals surface area contributed by atoms with Crippen LogP contribution in [0.5, 0.6) is 0 Å². The van der Waals surface area contributed by atoms with Gasteiger partial charge in [0.25, 0.3) is 0 Å². The Morgan fingerprint density at radius 1 is 1.63 bits per heavy atom. The quantitative estimate of drug-likeness (QED) is 0.805. The van der Waals surface area contributed by atoms with Gasteiger partial charge in [0.15, 0.2) is 0 Å². The lowest BCUT2D eigenvalue weighted by atomic mass is 10.2. The molecule has 0 radical (unpaired) electrons. The first-order chi connectivity index (χ1) is 9.20. The average molecular weight is 278 g/mol. The third-order valence-electron chi connectivity index (χ3n) is 3.17. The number of carbonyl (C=O) groups excluding carboxylic acids is 1. The van der Waals surface area contributed by atoms with Crippen LogP contribution in [0.15, 0.2) is 11.4 Å². The number of primary amides is 1. The fourth-order valence-electron chi connectivity index (χ4n) is 2.29. The number of nitrogens with two attached hydrogens (primary N) is 1. The van der Waals surface area contributed by atoms with Crippen molar-refractivity contribution >= 4 is 17.2 Å². The molecule has 19 heavy (non-hydrogen) atoms. The summed E-state index contributed by atoms with van der Waals surface area (Å²) in [6.45, 7) is 1.79. The van der Waals surface area contributed by atoms with E-state index >= 15 is 0 Å². The van der Waals surface area contributed by atoms with Crippen LogP contribution in [0, 0.1) is 11.8 Å². The second-order valence-corrected chi connectivity index (χ2v) is 5.60. The number of nitrogens with zero attached hydrogens (tertiary/aromatic N) is 1. The average Bonchev–Trinajstić information content (AvgIpc) is 2.99. The lowest BCUT2D eigenvalue weighted by molar-refractivity contribution is -0.122. The van der Waals surface area contributed by atoms with Crippen molar-refractivity contribution in [2.75, 3.05) is 13.2 Å². The largest absolute Gasteiger partial charge is 0.395 e. The van der Waals surface area contributed by atoms with Gasteiger partial charge in [-0.2, -0.15) is 0 Å². The van der Waals surface area contributed by atoms with Crippen molar-refractivity contribution in [1.82, 2.24) is 4.90 Å². The van der Waals surface area contributed by atoms with E-state index in [2.05, 4.69) is 16.7 Å². The number of hydrogen-bond donors (Lipinski definition) is 2. The molecule has 1 atom stereocenters. The fourth-order valence-corrected chi connectivity index (χ4v) is 3.13. The Morgan fingerprint density at radius 3 is 3.21 bits per heavy atom. The van der Waals surface area contributed by atoms with Gasteiger partial charge in [0.05, 0.1) is 12.6 Å². The molecule has 0 aromatic carbocycles. The van der Waals surface area contributed by atoms with E-state index in [1.807, 2.05) is 11.4 Å². The van der Waals surface area contributed by atoms with Gasteiger partial charge in [0.2, 0.25) is 5.91 Å². The van der Waals surface area contributed by atoms with Gasteiger partial charge < -0.3 is 10.8 Å². The van der Waals surface area contributed by atoms with Crippen LogP contribution in [0.3, 0.4) is 0 Å². The van der Waals surface area contributed by atoms with E-state index in [4.69, 9.17) is 10.8 Å². The van der Waals surface area contributed by atoms with Crippen LogP contribution in [0.1, 0.15) is 29.7 Å². The second-order valence-electron chi connectivity index (χ2n) is 4.61. The summed E-state index contributed by atoms with van der Waals surface area (Å²) in [6.07, 6.45) is 2.40. The van der Waals surface area contributed by atoms with Crippen LogP contribution in [-0.2, 0) is 11.3 Å².